The Balaban J connectivity index is 1.82. The summed E-state index contributed by atoms with van der Waals surface area (Å²) < 4.78 is 0. The Hall–Kier alpha value is -3.11. The Bertz CT molecular complexity index is 922. The van der Waals surface area contributed by atoms with E-state index in [0.29, 0.717) is 10.6 Å². The Morgan fingerprint density at radius 2 is 1.44 bits per heavy atom. The van der Waals surface area contributed by atoms with Crippen LogP contribution < -0.4 is 5.32 Å². The topological polar surface area (TPSA) is 66.4 Å². The molecule has 0 unspecified atom stereocenters. The van der Waals surface area contributed by atoms with Crippen LogP contribution in [0.4, 0.5) is 5.69 Å². The van der Waals surface area contributed by atoms with Gasteiger partial charge in [-0.1, -0.05) is 41.9 Å². The molecule has 2 N–H and O–H groups in total. The summed E-state index contributed by atoms with van der Waals surface area (Å²) in [6.07, 6.45) is 0.256. The standard InChI is InChI=1S/C22H18ClNO3/c23-18-10-6-16(7-11-18)21(25)14-20(15-4-2-1-3-5-15)24-19-12-8-17(9-13-19)22(26)27/h1-13,20,24H,14H2,(H,26,27)/t20-/m1/s1. The third-order valence-corrected chi connectivity index (χ3v) is 4.48. The summed E-state index contributed by atoms with van der Waals surface area (Å²) in [5, 5.41) is 12.9. The van der Waals surface area contributed by atoms with Crippen molar-refractivity contribution in [2.45, 2.75) is 12.5 Å². The first-order chi connectivity index (χ1) is 13.0. The van der Waals surface area contributed by atoms with Crippen molar-refractivity contribution in [3.63, 3.8) is 0 Å². The normalized spacial score (nSPS) is 11.6. The molecule has 0 aliphatic rings. The van der Waals surface area contributed by atoms with Gasteiger partial charge < -0.3 is 10.4 Å². The minimum Gasteiger partial charge on any atom is -0.478 e. The maximum Gasteiger partial charge on any atom is 0.335 e. The van der Waals surface area contributed by atoms with E-state index in [-0.39, 0.29) is 23.8 Å². The number of carbonyl (C=O) groups excluding carboxylic acids is 1. The van der Waals surface area contributed by atoms with Gasteiger partial charge >= 0.3 is 5.97 Å². The highest BCUT2D eigenvalue weighted by Gasteiger charge is 2.17. The zero-order valence-electron chi connectivity index (χ0n) is 14.4. The number of halogens is 1. The lowest BCUT2D eigenvalue weighted by atomic mass is 9.97. The zero-order valence-corrected chi connectivity index (χ0v) is 15.2. The SMILES string of the molecule is O=C(O)c1ccc(N[C@H](CC(=O)c2ccc(Cl)cc2)c2ccccc2)cc1. The molecule has 1 atom stereocenters. The van der Waals surface area contributed by atoms with Gasteiger partial charge in [-0.15, -0.1) is 0 Å². The number of carboxylic acids is 1. The predicted octanol–water partition coefficient (Wildman–Crippen LogP) is 5.46. The van der Waals surface area contributed by atoms with Crippen LogP contribution in [0.3, 0.4) is 0 Å². The molecule has 4 nitrogen and oxygen atoms in total. The van der Waals surface area contributed by atoms with Gasteiger partial charge in [0.25, 0.3) is 0 Å². The Labute approximate surface area is 162 Å². The molecule has 0 fully saturated rings. The summed E-state index contributed by atoms with van der Waals surface area (Å²) in [5.41, 5.74) is 2.54. The van der Waals surface area contributed by atoms with E-state index in [1.807, 2.05) is 30.3 Å². The maximum absolute atomic E-state index is 12.7. The minimum atomic E-state index is -0.973. The largest absolute Gasteiger partial charge is 0.478 e. The highest BCUT2D eigenvalue weighted by Crippen LogP contribution is 2.25. The molecule has 27 heavy (non-hydrogen) atoms. The number of anilines is 1. The van der Waals surface area contributed by atoms with E-state index >= 15 is 0 Å². The van der Waals surface area contributed by atoms with Crippen LogP contribution in [0, 0.1) is 0 Å². The van der Waals surface area contributed by atoms with Crippen molar-refractivity contribution in [2.75, 3.05) is 5.32 Å². The van der Waals surface area contributed by atoms with Crippen molar-refractivity contribution in [2.24, 2.45) is 0 Å². The number of aromatic carboxylic acids is 1. The molecule has 0 spiro atoms. The second-order valence-corrected chi connectivity index (χ2v) is 6.56. The average Bonchev–Trinajstić information content (AvgIpc) is 2.69. The van der Waals surface area contributed by atoms with Crippen molar-refractivity contribution in [3.05, 3.63) is 101 Å². The molecular formula is C22H18ClNO3. The number of carbonyl (C=O) groups is 2. The Morgan fingerprint density at radius 3 is 2.04 bits per heavy atom. The molecule has 0 saturated carbocycles. The van der Waals surface area contributed by atoms with Crippen LogP contribution in [0.15, 0.2) is 78.9 Å². The van der Waals surface area contributed by atoms with Gasteiger partial charge in [0, 0.05) is 22.7 Å². The fraction of sp³-hybridized carbons (Fsp3) is 0.0909. The summed E-state index contributed by atoms with van der Waals surface area (Å²) in [4.78, 5) is 23.7. The van der Waals surface area contributed by atoms with Crippen LogP contribution in [-0.4, -0.2) is 16.9 Å². The molecule has 0 aliphatic carbocycles. The average molecular weight is 380 g/mol. The molecule has 3 rings (SSSR count). The van der Waals surface area contributed by atoms with Crippen molar-refractivity contribution in [1.29, 1.82) is 0 Å². The summed E-state index contributed by atoms with van der Waals surface area (Å²) >= 11 is 5.89. The number of hydrogen-bond acceptors (Lipinski definition) is 3. The van der Waals surface area contributed by atoms with Gasteiger partial charge in [0.2, 0.25) is 0 Å². The smallest absolute Gasteiger partial charge is 0.335 e. The third kappa shape index (κ3) is 4.96. The molecule has 0 heterocycles. The first-order valence-electron chi connectivity index (χ1n) is 8.46. The summed E-state index contributed by atoms with van der Waals surface area (Å²) in [6.45, 7) is 0. The first kappa shape index (κ1) is 18.7. The molecule has 136 valence electrons. The molecule has 0 amide bonds. The Kier molecular flexibility index (Phi) is 5.89. The number of rotatable bonds is 7. The van der Waals surface area contributed by atoms with Crippen molar-refractivity contribution >= 4 is 29.0 Å². The monoisotopic (exact) mass is 379 g/mol. The summed E-state index contributed by atoms with van der Waals surface area (Å²) in [6, 6.07) is 22.7. The highest BCUT2D eigenvalue weighted by molar-refractivity contribution is 6.30. The predicted molar refractivity (Wildman–Crippen MR) is 107 cm³/mol. The summed E-state index contributed by atoms with van der Waals surface area (Å²) in [7, 11) is 0. The van der Waals surface area contributed by atoms with Crippen LogP contribution in [0.5, 0.6) is 0 Å². The lowest BCUT2D eigenvalue weighted by Crippen LogP contribution is -2.16. The van der Waals surface area contributed by atoms with Crippen molar-refractivity contribution < 1.29 is 14.7 Å². The van der Waals surface area contributed by atoms with E-state index in [1.165, 1.54) is 12.1 Å². The molecular weight excluding hydrogens is 362 g/mol. The lowest BCUT2D eigenvalue weighted by molar-refractivity contribution is 0.0696. The summed E-state index contributed by atoms with van der Waals surface area (Å²) in [5.74, 6) is -0.978. The van der Waals surface area contributed by atoms with Gasteiger partial charge in [-0.3, -0.25) is 4.79 Å². The second-order valence-electron chi connectivity index (χ2n) is 6.12. The van der Waals surface area contributed by atoms with Gasteiger partial charge in [-0.2, -0.15) is 0 Å². The molecule has 0 aromatic heterocycles. The molecule has 0 saturated heterocycles. The molecule has 3 aromatic rings. The van der Waals surface area contributed by atoms with E-state index in [1.54, 1.807) is 36.4 Å². The van der Waals surface area contributed by atoms with Gasteiger partial charge in [0.15, 0.2) is 5.78 Å². The maximum atomic E-state index is 12.7. The fourth-order valence-corrected chi connectivity index (χ4v) is 2.91. The van der Waals surface area contributed by atoms with Crippen molar-refractivity contribution in [3.8, 4) is 0 Å². The number of carboxylic acid groups (broad SMARTS) is 1. The Morgan fingerprint density at radius 1 is 0.852 bits per heavy atom. The van der Waals surface area contributed by atoms with Crippen LogP contribution in [0.25, 0.3) is 0 Å². The van der Waals surface area contributed by atoms with Gasteiger partial charge in [-0.05, 0) is 54.1 Å². The van der Waals surface area contributed by atoms with Crippen molar-refractivity contribution in [1.82, 2.24) is 0 Å². The number of ketones is 1. The van der Waals surface area contributed by atoms with E-state index in [4.69, 9.17) is 16.7 Å². The molecule has 0 radical (unpaired) electrons. The van der Waals surface area contributed by atoms with Crippen LogP contribution >= 0.6 is 11.6 Å². The molecule has 0 bridgehead atoms. The minimum absolute atomic E-state index is 0.00447. The van der Waals surface area contributed by atoms with Crippen LogP contribution in [-0.2, 0) is 0 Å². The number of benzene rings is 3. The van der Waals surface area contributed by atoms with Gasteiger partial charge in [0.1, 0.15) is 0 Å². The number of nitrogens with one attached hydrogen (secondary N) is 1. The quantitative estimate of drug-likeness (QED) is 0.534. The molecule has 0 aliphatic heterocycles. The van der Waals surface area contributed by atoms with Crippen LogP contribution in [0.1, 0.15) is 38.7 Å². The number of hydrogen-bond donors (Lipinski definition) is 2. The lowest BCUT2D eigenvalue weighted by Gasteiger charge is -2.20. The van der Waals surface area contributed by atoms with Gasteiger partial charge in [0.05, 0.1) is 11.6 Å². The first-order valence-corrected chi connectivity index (χ1v) is 8.84. The van der Waals surface area contributed by atoms with E-state index < -0.39 is 5.97 Å². The zero-order chi connectivity index (χ0) is 19.2. The fourth-order valence-electron chi connectivity index (χ4n) is 2.79. The van der Waals surface area contributed by atoms with E-state index in [9.17, 15) is 9.59 Å². The van der Waals surface area contributed by atoms with Gasteiger partial charge in [-0.25, -0.2) is 4.79 Å². The van der Waals surface area contributed by atoms with E-state index in [0.717, 1.165) is 11.3 Å². The molecule has 3 aromatic carbocycles. The van der Waals surface area contributed by atoms with E-state index in [2.05, 4.69) is 5.32 Å². The molecule has 5 heteroatoms. The second kappa shape index (κ2) is 8.52. The highest BCUT2D eigenvalue weighted by atomic mass is 35.5. The van der Waals surface area contributed by atoms with Crippen LogP contribution in [0.2, 0.25) is 5.02 Å². The third-order valence-electron chi connectivity index (χ3n) is 4.23. The number of Topliss-reactive ketones (excluding diaryl/α,β-unsaturated/α-hetero) is 1.